The van der Waals surface area contributed by atoms with Crippen LogP contribution in [0.25, 0.3) is 0 Å². The van der Waals surface area contributed by atoms with Gasteiger partial charge in [-0.25, -0.2) is 8.78 Å². The van der Waals surface area contributed by atoms with E-state index in [-0.39, 0.29) is 36.6 Å². The summed E-state index contributed by atoms with van der Waals surface area (Å²) in [4.78, 5) is 17.7. The zero-order valence-electron chi connectivity index (χ0n) is 18.7. The van der Waals surface area contributed by atoms with Crippen molar-refractivity contribution in [2.24, 2.45) is 11.8 Å². The van der Waals surface area contributed by atoms with Gasteiger partial charge in [0.15, 0.2) is 0 Å². The minimum Gasteiger partial charge on any atom is -0.352 e. The molecular weight excluding hydrogens is 386 g/mol. The maximum atomic E-state index is 14.4. The van der Waals surface area contributed by atoms with E-state index >= 15 is 0 Å². The van der Waals surface area contributed by atoms with Crippen molar-refractivity contribution in [1.82, 2.24) is 20.4 Å². The molecule has 0 radical (unpaired) electrons. The number of alkyl halides is 2. The Morgan fingerprint density at radius 2 is 2.03 bits per heavy atom. The summed E-state index contributed by atoms with van der Waals surface area (Å²) in [6, 6.07) is 1.05. The Hall–Kier alpha value is -0.790. The normalized spacial score (nSPS) is 42.4. The van der Waals surface area contributed by atoms with E-state index in [2.05, 4.69) is 27.4 Å². The van der Waals surface area contributed by atoms with E-state index in [9.17, 15) is 13.6 Å². The molecule has 4 fully saturated rings. The minimum atomic E-state index is -0.769. The van der Waals surface area contributed by atoms with Crippen molar-refractivity contribution < 1.29 is 13.6 Å². The molecule has 4 rings (SSSR count). The zero-order chi connectivity index (χ0) is 21.3. The number of fused-ring (bicyclic) bond motifs is 1. The third-order valence-corrected chi connectivity index (χ3v) is 8.42. The summed E-state index contributed by atoms with van der Waals surface area (Å²) >= 11 is 0. The molecule has 2 saturated heterocycles. The van der Waals surface area contributed by atoms with Crippen molar-refractivity contribution in [2.75, 3.05) is 33.4 Å². The second-order valence-corrected chi connectivity index (χ2v) is 10.3. The lowest BCUT2D eigenvalue weighted by Gasteiger charge is -2.36. The lowest BCUT2D eigenvalue weighted by molar-refractivity contribution is -0.124. The Morgan fingerprint density at radius 3 is 2.80 bits per heavy atom. The highest BCUT2D eigenvalue weighted by atomic mass is 19.1. The van der Waals surface area contributed by atoms with Crippen molar-refractivity contribution in [3.05, 3.63) is 0 Å². The van der Waals surface area contributed by atoms with Gasteiger partial charge < -0.3 is 10.6 Å². The van der Waals surface area contributed by atoms with Crippen molar-refractivity contribution in [3.8, 4) is 0 Å². The summed E-state index contributed by atoms with van der Waals surface area (Å²) < 4.78 is 27.0. The molecule has 1 amide bonds. The largest absolute Gasteiger partial charge is 0.352 e. The first-order chi connectivity index (χ1) is 14.5. The molecule has 8 unspecified atom stereocenters. The summed E-state index contributed by atoms with van der Waals surface area (Å²) in [5.74, 6) is 0.500. The quantitative estimate of drug-likeness (QED) is 0.685. The first kappa shape index (κ1) is 22.4. The van der Waals surface area contributed by atoms with Gasteiger partial charge in [-0.15, -0.1) is 0 Å². The summed E-state index contributed by atoms with van der Waals surface area (Å²) in [7, 11) is 2.02. The molecule has 8 atom stereocenters. The number of hydrogen-bond donors (Lipinski definition) is 2. The number of nitrogens with one attached hydrogen (secondary N) is 2. The molecule has 2 heterocycles. The van der Waals surface area contributed by atoms with Gasteiger partial charge in [-0.3, -0.25) is 14.6 Å². The van der Waals surface area contributed by atoms with Crippen LogP contribution < -0.4 is 10.6 Å². The van der Waals surface area contributed by atoms with Gasteiger partial charge >= 0.3 is 0 Å². The number of rotatable bonds is 6. The van der Waals surface area contributed by atoms with Crippen LogP contribution in [0.3, 0.4) is 0 Å². The highest BCUT2D eigenvalue weighted by Gasteiger charge is 2.46. The van der Waals surface area contributed by atoms with Crippen molar-refractivity contribution in [3.63, 3.8) is 0 Å². The Kier molecular flexibility index (Phi) is 7.31. The van der Waals surface area contributed by atoms with Crippen LogP contribution in [-0.2, 0) is 4.79 Å². The first-order valence-corrected chi connectivity index (χ1v) is 12.2. The van der Waals surface area contributed by atoms with Crippen LogP contribution in [0.2, 0.25) is 0 Å². The van der Waals surface area contributed by atoms with Gasteiger partial charge in [-0.2, -0.15) is 0 Å². The molecule has 0 aromatic rings. The van der Waals surface area contributed by atoms with E-state index in [1.807, 2.05) is 7.05 Å². The molecule has 30 heavy (non-hydrogen) atoms. The standard InChI is InChI=1S/C23H40F2N4O/c1-15-6-7-20(25)19-13-21(27-22(15)19)23(30)26-16-4-3-5-17(12-16)29-10-8-18(14-29)28(2)11-9-24/h15-22,27H,3-14H2,1-2H3,(H,26,30). The maximum Gasteiger partial charge on any atom is 0.237 e. The molecule has 0 aromatic heterocycles. The molecule has 2 saturated carbocycles. The molecule has 7 heteroatoms. The third-order valence-electron chi connectivity index (χ3n) is 8.42. The van der Waals surface area contributed by atoms with E-state index < -0.39 is 6.17 Å². The molecular formula is C23H40F2N4O. The molecule has 172 valence electrons. The van der Waals surface area contributed by atoms with Crippen LogP contribution in [0, 0.1) is 11.8 Å². The fraction of sp³-hybridized carbons (Fsp3) is 0.957. The molecule has 2 aliphatic carbocycles. The lowest BCUT2D eigenvalue weighted by atomic mass is 9.77. The van der Waals surface area contributed by atoms with Crippen LogP contribution >= 0.6 is 0 Å². The van der Waals surface area contributed by atoms with Crippen molar-refractivity contribution in [1.29, 1.82) is 0 Å². The number of carbonyl (C=O) groups excluding carboxylic acids is 1. The number of likely N-dealkylation sites (tertiary alicyclic amines) is 1. The first-order valence-electron chi connectivity index (χ1n) is 12.2. The average Bonchev–Trinajstić information content (AvgIpc) is 3.40. The van der Waals surface area contributed by atoms with Crippen LogP contribution in [-0.4, -0.2) is 85.4 Å². The second-order valence-electron chi connectivity index (χ2n) is 10.3. The molecule has 2 N–H and O–H groups in total. The summed E-state index contributed by atoms with van der Waals surface area (Å²) in [5, 5.41) is 6.76. The van der Waals surface area contributed by atoms with Gasteiger partial charge in [-0.1, -0.05) is 6.92 Å². The number of amides is 1. The summed E-state index contributed by atoms with van der Waals surface area (Å²) in [5.41, 5.74) is 0. The van der Waals surface area contributed by atoms with Crippen LogP contribution in [0.1, 0.15) is 58.3 Å². The summed E-state index contributed by atoms with van der Waals surface area (Å²) in [6.45, 7) is 4.47. The van der Waals surface area contributed by atoms with Crippen LogP contribution in [0.4, 0.5) is 8.78 Å². The molecule has 4 aliphatic rings. The number of carbonyl (C=O) groups is 1. The van der Waals surface area contributed by atoms with E-state index in [4.69, 9.17) is 0 Å². The van der Waals surface area contributed by atoms with E-state index in [0.29, 0.717) is 37.4 Å². The number of halogens is 2. The fourth-order valence-corrected chi connectivity index (χ4v) is 6.50. The predicted octanol–water partition coefficient (Wildman–Crippen LogP) is 2.50. The van der Waals surface area contributed by atoms with Gasteiger partial charge in [-0.05, 0) is 64.3 Å². The highest BCUT2D eigenvalue weighted by Crippen LogP contribution is 2.38. The maximum absolute atomic E-state index is 14.4. The summed E-state index contributed by atoms with van der Waals surface area (Å²) in [6.07, 6.45) is 6.84. The minimum absolute atomic E-state index is 0.00792. The SMILES string of the molecule is CC1CCC(F)C2CC(C(=O)NC3CCCC(N4CCC(N(C)CCF)C4)C3)NC12. The highest BCUT2D eigenvalue weighted by molar-refractivity contribution is 5.82. The molecule has 0 bridgehead atoms. The second kappa shape index (κ2) is 9.78. The molecule has 0 aromatic carbocycles. The van der Waals surface area contributed by atoms with Gasteiger partial charge in [0.1, 0.15) is 12.8 Å². The third kappa shape index (κ3) is 4.83. The van der Waals surface area contributed by atoms with Crippen molar-refractivity contribution in [2.45, 2.75) is 94.7 Å². The van der Waals surface area contributed by atoms with Gasteiger partial charge in [0.2, 0.25) is 5.91 Å². The van der Waals surface area contributed by atoms with Crippen LogP contribution in [0.15, 0.2) is 0 Å². The topological polar surface area (TPSA) is 47.6 Å². The van der Waals surface area contributed by atoms with E-state index in [1.165, 1.54) is 6.42 Å². The monoisotopic (exact) mass is 426 g/mol. The Balaban J connectivity index is 1.27. The lowest BCUT2D eigenvalue weighted by Crippen LogP contribution is -2.51. The molecule has 5 nitrogen and oxygen atoms in total. The van der Waals surface area contributed by atoms with Gasteiger partial charge in [0.25, 0.3) is 0 Å². The predicted molar refractivity (Wildman–Crippen MR) is 115 cm³/mol. The van der Waals surface area contributed by atoms with Gasteiger partial charge in [0, 0.05) is 49.7 Å². The fourth-order valence-electron chi connectivity index (χ4n) is 6.50. The van der Waals surface area contributed by atoms with Crippen molar-refractivity contribution >= 4 is 5.91 Å². The average molecular weight is 427 g/mol. The van der Waals surface area contributed by atoms with Gasteiger partial charge in [0.05, 0.1) is 6.04 Å². The Bertz CT molecular complexity index is 576. The number of likely N-dealkylation sites (N-methyl/N-ethyl adjacent to an activating group) is 1. The molecule has 2 aliphatic heterocycles. The van der Waals surface area contributed by atoms with E-state index in [1.54, 1.807) is 0 Å². The number of nitrogens with zero attached hydrogens (tertiary/aromatic N) is 2. The zero-order valence-corrected chi connectivity index (χ0v) is 18.7. The van der Waals surface area contributed by atoms with E-state index in [0.717, 1.165) is 45.2 Å². The molecule has 0 spiro atoms. The Morgan fingerprint density at radius 1 is 1.20 bits per heavy atom. The van der Waals surface area contributed by atoms with Crippen LogP contribution in [0.5, 0.6) is 0 Å². The number of hydrogen-bond acceptors (Lipinski definition) is 4. The smallest absolute Gasteiger partial charge is 0.237 e. The Labute approximate surface area is 180 Å².